The monoisotopic (exact) mass is 439 g/mol. The van der Waals surface area contributed by atoms with E-state index in [1.165, 1.54) is 18.3 Å². The maximum Gasteiger partial charge on any atom is 0.414 e. The Bertz CT molecular complexity index is 875. The van der Waals surface area contributed by atoms with Gasteiger partial charge in [-0.3, -0.25) is 4.79 Å². The Morgan fingerprint density at radius 3 is 2.40 bits per heavy atom. The number of guanidine groups is 1. The smallest absolute Gasteiger partial charge is 0.414 e. The lowest BCUT2D eigenvalue weighted by Crippen LogP contribution is -2.39. The van der Waals surface area contributed by atoms with Gasteiger partial charge in [0.2, 0.25) is 11.0 Å². The number of hydrogen-bond donors (Lipinski definition) is 5. The summed E-state index contributed by atoms with van der Waals surface area (Å²) in [5, 5.41) is 23.1. The third-order valence-electron chi connectivity index (χ3n) is 3.65. The molecule has 0 aliphatic heterocycles. The normalized spacial score (nSPS) is 10.9. The first-order valence-corrected chi connectivity index (χ1v) is 9.90. The van der Waals surface area contributed by atoms with Gasteiger partial charge in [0.1, 0.15) is 11.5 Å². The fraction of sp³-hybridized carbons (Fsp3) is 0.389. The molecule has 0 aromatic carbocycles. The number of aliphatic imine (C=N–C) groups is 1. The fourth-order valence-corrected chi connectivity index (χ4v) is 2.78. The van der Waals surface area contributed by atoms with Crippen molar-refractivity contribution in [1.82, 2.24) is 15.6 Å². The zero-order valence-corrected chi connectivity index (χ0v) is 17.7. The minimum atomic E-state index is -1.82. The summed E-state index contributed by atoms with van der Waals surface area (Å²) < 4.78 is 5.67. The van der Waals surface area contributed by atoms with E-state index < -0.39 is 11.9 Å². The van der Waals surface area contributed by atoms with Crippen LogP contribution in [-0.4, -0.2) is 45.0 Å². The van der Waals surface area contributed by atoms with Gasteiger partial charge in [-0.15, -0.1) is 11.3 Å². The average molecular weight is 439 g/mol. The zero-order chi connectivity index (χ0) is 22.7. The van der Waals surface area contributed by atoms with Crippen molar-refractivity contribution in [3.8, 4) is 11.5 Å². The quantitative estimate of drug-likeness (QED) is 0.244. The van der Waals surface area contributed by atoms with E-state index in [-0.39, 0.29) is 5.91 Å². The Labute approximate surface area is 177 Å². The van der Waals surface area contributed by atoms with E-state index in [1.54, 1.807) is 0 Å². The molecule has 1 amide bonds. The van der Waals surface area contributed by atoms with Crippen molar-refractivity contribution >= 4 is 40.3 Å². The first-order chi connectivity index (χ1) is 14.2. The van der Waals surface area contributed by atoms with Crippen molar-refractivity contribution in [1.29, 1.82) is 0 Å². The summed E-state index contributed by atoms with van der Waals surface area (Å²) >= 11 is 1.39. The second-order valence-electron chi connectivity index (χ2n) is 5.96. The molecule has 0 saturated carbocycles. The van der Waals surface area contributed by atoms with Crippen molar-refractivity contribution in [3.05, 3.63) is 23.3 Å². The summed E-state index contributed by atoms with van der Waals surface area (Å²) in [5.41, 5.74) is 6.62. The van der Waals surface area contributed by atoms with Crippen LogP contribution in [0.3, 0.4) is 0 Å². The maximum atomic E-state index is 10.9. The molecule has 0 fully saturated rings. The first-order valence-electron chi connectivity index (χ1n) is 9.02. The molecule has 0 aliphatic carbocycles. The molecule has 11 nitrogen and oxygen atoms in total. The van der Waals surface area contributed by atoms with Crippen LogP contribution < -0.4 is 16.4 Å². The van der Waals surface area contributed by atoms with Gasteiger partial charge in [-0.05, 0) is 25.0 Å². The molecule has 2 rings (SSSR count). The van der Waals surface area contributed by atoms with Crippen molar-refractivity contribution in [2.24, 2.45) is 10.7 Å². The average Bonchev–Trinajstić information content (AvgIpc) is 3.34. The molecule has 164 valence electrons. The summed E-state index contributed by atoms with van der Waals surface area (Å²) in [6, 6.07) is 3.96. The highest BCUT2D eigenvalue weighted by molar-refractivity contribution is 7.13. The number of thiazole rings is 1. The molecule has 0 bridgehead atoms. The Balaban J connectivity index is 0.000000656. The number of nitrogens with two attached hydrogens (primary N) is 1. The van der Waals surface area contributed by atoms with Gasteiger partial charge in [-0.2, -0.15) is 4.99 Å². The fourth-order valence-electron chi connectivity index (χ4n) is 2.09. The molecule has 12 heteroatoms. The molecule has 0 radical (unpaired) electrons. The van der Waals surface area contributed by atoms with Crippen LogP contribution in [0.25, 0.3) is 11.5 Å². The number of nitrogens with one attached hydrogen (secondary N) is 2. The number of rotatable bonds is 7. The number of carbonyl (C=O) groups is 3. The van der Waals surface area contributed by atoms with Crippen LogP contribution in [0.2, 0.25) is 0 Å². The Morgan fingerprint density at radius 1 is 1.23 bits per heavy atom. The number of nitrogens with zero attached hydrogens (tertiary/aromatic N) is 2. The highest BCUT2D eigenvalue weighted by Gasteiger charge is 2.10. The summed E-state index contributed by atoms with van der Waals surface area (Å²) in [7, 11) is 0. The summed E-state index contributed by atoms with van der Waals surface area (Å²) in [6.07, 6.45) is 1.97. The number of carbonyl (C=O) groups excluding carboxylic acids is 1. The highest BCUT2D eigenvalue weighted by Crippen LogP contribution is 2.28. The second kappa shape index (κ2) is 12.2. The largest absolute Gasteiger partial charge is 0.473 e. The number of furan rings is 1. The number of amides is 1. The maximum absolute atomic E-state index is 10.9. The summed E-state index contributed by atoms with van der Waals surface area (Å²) in [4.78, 5) is 37.8. The minimum absolute atomic E-state index is 0.0985. The van der Waals surface area contributed by atoms with Gasteiger partial charge >= 0.3 is 11.9 Å². The van der Waals surface area contributed by atoms with Crippen LogP contribution in [0.1, 0.15) is 39.4 Å². The minimum Gasteiger partial charge on any atom is -0.473 e. The van der Waals surface area contributed by atoms with E-state index in [4.69, 9.17) is 30.0 Å². The van der Waals surface area contributed by atoms with Gasteiger partial charge in [0.15, 0.2) is 11.7 Å². The molecular formula is C18H25N5O6S. The molecule has 0 spiro atoms. The SMILES string of the molecule is CCC(CC)N/C(N)=N/c1nc(-c2ccc(CNC(C)=O)o2)cs1.O=C(O)C(=O)O. The van der Waals surface area contributed by atoms with Crippen LogP contribution in [0.4, 0.5) is 5.13 Å². The van der Waals surface area contributed by atoms with Gasteiger partial charge < -0.3 is 31.0 Å². The molecule has 0 unspecified atom stereocenters. The Morgan fingerprint density at radius 2 is 1.87 bits per heavy atom. The Kier molecular flexibility index (Phi) is 10.0. The molecule has 0 saturated heterocycles. The number of hydrogen-bond acceptors (Lipinski definition) is 7. The lowest BCUT2D eigenvalue weighted by atomic mass is 10.2. The van der Waals surface area contributed by atoms with Crippen molar-refractivity contribution < 1.29 is 29.0 Å². The molecule has 2 aromatic heterocycles. The number of carboxylic acids is 2. The molecule has 0 atom stereocenters. The van der Waals surface area contributed by atoms with Gasteiger partial charge in [0.25, 0.3) is 0 Å². The summed E-state index contributed by atoms with van der Waals surface area (Å²) in [5.74, 6) is -2.06. The molecule has 6 N–H and O–H groups in total. The van der Waals surface area contributed by atoms with Crippen molar-refractivity contribution in [2.75, 3.05) is 0 Å². The van der Waals surface area contributed by atoms with Crippen molar-refractivity contribution in [3.63, 3.8) is 0 Å². The Hall–Kier alpha value is -3.41. The van der Waals surface area contributed by atoms with E-state index in [1.807, 2.05) is 17.5 Å². The second-order valence-corrected chi connectivity index (χ2v) is 6.79. The zero-order valence-electron chi connectivity index (χ0n) is 16.8. The van der Waals surface area contributed by atoms with Crippen LogP contribution in [-0.2, 0) is 20.9 Å². The van der Waals surface area contributed by atoms with E-state index in [2.05, 4.69) is 34.5 Å². The lowest BCUT2D eigenvalue weighted by Gasteiger charge is -2.14. The first kappa shape index (κ1) is 24.6. The van der Waals surface area contributed by atoms with Crippen LogP contribution in [0.5, 0.6) is 0 Å². The third kappa shape index (κ3) is 8.73. The lowest BCUT2D eigenvalue weighted by molar-refractivity contribution is -0.159. The van der Waals surface area contributed by atoms with E-state index in [9.17, 15) is 4.79 Å². The molecule has 0 aliphatic rings. The van der Waals surface area contributed by atoms with E-state index in [0.717, 1.165) is 12.8 Å². The number of aromatic nitrogens is 1. The van der Waals surface area contributed by atoms with Crippen LogP contribution in [0, 0.1) is 0 Å². The van der Waals surface area contributed by atoms with Gasteiger partial charge in [-0.25, -0.2) is 14.6 Å². The number of carboxylic acid groups (broad SMARTS) is 2. The van der Waals surface area contributed by atoms with Crippen LogP contribution in [0.15, 0.2) is 26.9 Å². The van der Waals surface area contributed by atoms with Gasteiger partial charge in [0, 0.05) is 18.3 Å². The third-order valence-corrected chi connectivity index (χ3v) is 4.39. The van der Waals surface area contributed by atoms with E-state index in [0.29, 0.717) is 40.9 Å². The standard InChI is InChI=1S/C16H23N5O2S.C2H2O4/c1-4-11(5-2)19-15(17)21-16-20-13(9-24-16)14-7-6-12(23-14)8-18-10(3)22;3-1(4)2(5)6/h6-7,9,11H,4-5,8H2,1-3H3,(H,18,22)(H3,17,19,20,21);(H,3,4)(H,5,6). The van der Waals surface area contributed by atoms with Crippen LogP contribution >= 0.6 is 11.3 Å². The molecular weight excluding hydrogens is 414 g/mol. The topological polar surface area (TPSA) is 180 Å². The van der Waals surface area contributed by atoms with Gasteiger partial charge in [-0.1, -0.05) is 13.8 Å². The molecule has 2 aromatic rings. The van der Waals surface area contributed by atoms with Crippen molar-refractivity contribution in [2.45, 2.75) is 46.2 Å². The summed E-state index contributed by atoms with van der Waals surface area (Å²) in [6.45, 7) is 6.03. The molecule has 30 heavy (non-hydrogen) atoms. The number of aliphatic carboxylic acids is 2. The predicted molar refractivity (Wildman–Crippen MR) is 111 cm³/mol. The van der Waals surface area contributed by atoms with Gasteiger partial charge in [0.05, 0.1) is 6.54 Å². The predicted octanol–water partition coefficient (Wildman–Crippen LogP) is 1.92. The van der Waals surface area contributed by atoms with E-state index >= 15 is 0 Å². The highest BCUT2D eigenvalue weighted by atomic mass is 32.1. The molecule has 2 heterocycles.